The maximum atomic E-state index is 4.53. The molecule has 1 heterocycles. The third-order valence-electron chi connectivity index (χ3n) is 4.30. The Morgan fingerprint density at radius 3 is 2.04 bits per heavy atom. The van der Waals surface area contributed by atoms with E-state index in [1.54, 1.807) is 0 Å². The summed E-state index contributed by atoms with van der Waals surface area (Å²) in [5, 5.41) is 2.55. The van der Waals surface area contributed by atoms with Crippen molar-refractivity contribution in [2.45, 2.75) is 52.4 Å². The molecule has 3 rings (SSSR count). The van der Waals surface area contributed by atoms with E-state index >= 15 is 0 Å². The normalized spacial score (nSPS) is 12.8. The van der Waals surface area contributed by atoms with Gasteiger partial charge in [-0.2, -0.15) is 0 Å². The number of nitrogens with zero attached hydrogens (tertiary/aromatic N) is 1. The lowest BCUT2D eigenvalue weighted by Crippen LogP contribution is -2.13. The molecule has 0 saturated carbocycles. The van der Waals surface area contributed by atoms with Gasteiger partial charge in [0.05, 0.1) is 11.9 Å². The molecule has 0 amide bonds. The van der Waals surface area contributed by atoms with E-state index in [4.69, 9.17) is 0 Å². The van der Waals surface area contributed by atoms with Gasteiger partial charge >= 0.3 is 0 Å². The Hall–Kier alpha value is -2.09. The molecular formula is C21H26N2. The van der Waals surface area contributed by atoms with Crippen LogP contribution >= 0.6 is 0 Å². The van der Waals surface area contributed by atoms with E-state index in [9.17, 15) is 0 Å². The van der Waals surface area contributed by atoms with Gasteiger partial charge in [-0.15, -0.1) is 0 Å². The standard InChI is InChI=1S/C21H26N2/c1-20(2,3)17-10-9-14-11-16(8-7-15(14)12-17)18-13-22-19(23-18)21(4,5)6/h7-13H,1-6H3,(H,22,23). The summed E-state index contributed by atoms with van der Waals surface area (Å²) in [6.07, 6.45) is 1.94. The Bertz CT molecular complexity index is 842. The van der Waals surface area contributed by atoms with Gasteiger partial charge in [0, 0.05) is 11.0 Å². The Morgan fingerprint density at radius 1 is 0.783 bits per heavy atom. The van der Waals surface area contributed by atoms with Crippen molar-refractivity contribution in [3.63, 3.8) is 0 Å². The highest BCUT2D eigenvalue weighted by Crippen LogP contribution is 2.29. The molecule has 2 heteroatoms. The number of nitrogens with one attached hydrogen (secondary N) is 1. The maximum Gasteiger partial charge on any atom is 0.111 e. The molecular weight excluding hydrogens is 280 g/mol. The van der Waals surface area contributed by atoms with Gasteiger partial charge in [-0.25, -0.2) is 4.98 Å². The molecule has 120 valence electrons. The molecule has 0 saturated heterocycles. The van der Waals surface area contributed by atoms with Crippen LogP contribution < -0.4 is 0 Å². The summed E-state index contributed by atoms with van der Waals surface area (Å²) in [4.78, 5) is 7.99. The Morgan fingerprint density at radius 2 is 1.43 bits per heavy atom. The number of H-pyrrole nitrogens is 1. The molecule has 0 bridgehead atoms. The number of aromatic nitrogens is 2. The molecule has 2 aromatic carbocycles. The number of fused-ring (bicyclic) bond motifs is 1. The van der Waals surface area contributed by atoms with Gasteiger partial charge in [0.1, 0.15) is 5.82 Å². The second-order valence-corrected chi connectivity index (χ2v) is 8.42. The van der Waals surface area contributed by atoms with Crippen molar-refractivity contribution in [2.24, 2.45) is 0 Å². The van der Waals surface area contributed by atoms with E-state index in [-0.39, 0.29) is 10.8 Å². The first-order valence-corrected chi connectivity index (χ1v) is 8.25. The number of imidazole rings is 1. The minimum absolute atomic E-state index is 0.0384. The van der Waals surface area contributed by atoms with Gasteiger partial charge in [0.25, 0.3) is 0 Å². The van der Waals surface area contributed by atoms with Crippen LogP contribution in [0.5, 0.6) is 0 Å². The van der Waals surface area contributed by atoms with Crippen LogP contribution in [0.25, 0.3) is 22.0 Å². The van der Waals surface area contributed by atoms with Crippen molar-refractivity contribution in [1.82, 2.24) is 9.97 Å². The molecule has 0 spiro atoms. The first-order valence-electron chi connectivity index (χ1n) is 8.25. The van der Waals surface area contributed by atoms with E-state index in [0.717, 1.165) is 11.5 Å². The molecule has 0 fully saturated rings. The maximum absolute atomic E-state index is 4.53. The van der Waals surface area contributed by atoms with Gasteiger partial charge in [-0.1, -0.05) is 71.9 Å². The zero-order valence-electron chi connectivity index (χ0n) is 15.0. The summed E-state index contributed by atoms with van der Waals surface area (Å²) in [5.74, 6) is 1.02. The van der Waals surface area contributed by atoms with E-state index < -0.39 is 0 Å². The fourth-order valence-electron chi connectivity index (χ4n) is 2.73. The number of benzene rings is 2. The van der Waals surface area contributed by atoms with Crippen LogP contribution in [0, 0.1) is 0 Å². The molecule has 0 aliphatic rings. The van der Waals surface area contributed by atoms with Gasteiger partial charge in [0.15, 0.2) is 0 Å². The number of hydrogen-bond donors (Lipinski definition) is 1. The van der Waals surface area contributed by atoms with Crippen molar-refractivity contribution in [1.29, 1.82) is 0 Å². The highest BCUT2D eigenvalue weighted by atomic mass is 14.9. The summed E-state index contributed by atoms with van der Waals surface area (Å²) >= 11 is 0. The molecule has 23 heavy (non-hydrogen) atoms. The lowest BCUT2D eigenvalue weighted by molar-refractivity contribution is 0.553. The van der Waals surface area contributed by atoms with Gasteiger partial charge in [-0.05, 0) is 27.8 Å². The molecule has 0 aliphatic heterocycles. The highest BCUT2D eigenvalue weighted by molar-refractivity contribution is 5.87. The van der Waals surface area contributed by atoms with Crippen LogP contribution in [0.15, 0.2) is 42.6 Å². The van der Waals surface area contributed by atoms with Crippen LogP contribution in [-0.2, 0) is 10.8 Å². The van der Waals surface area contributed by atoms with Crippen LogP contribution in [0.3, 0.4) is 0 Å². The third-order valence-corrected chi connectivity index (χ3v) is 4.30. The largest absolute Gasteiger partial charge is 0.342 e. The molecule has 0 radical (unpaired) electrons. The van der Waals surface area contributed by atoms with Crippen LogP contribution in [0.2, 0.25) is 0 Å². The van der Waals surface area contributed by atoms with Crippen molar-refractivity contribution in [2.75, 3.05) is 0 Å². The zero-order chi connectivity index (χ0) is 16.8. The number of aromatic amines is 1. The quantitative estimate of drug-likeness (QED) is 0.602. The first-order chi connectivity index (χ1) is 10.6. The minimum Gasteiger partial charge on any atom is -0.342 e. The van der Waals surface area contributed by atoms with Crippen LogP contribution in [0.4, 0.5) is 0 Å². The van der Waals surface area contributed by atoms with Crippen molar-refractivity contribution < 1.29 is 0 Å². The number of rotatable bonds is 1. The van der Waals surface area contributed by atoms with Crippen LogP contribution in [0.1, 0.15) is 52.9 Å². The Kier molecular flexibility index (Phi) is 3.59. The fourth-order valence-corrected chi connectivity index (χ4v) is 2.73. The molecule has 2 nitrogen and oxygen atoms in total. The second kappa shape index (κ2) is 5.23. The average molecular weight is 306 g/mol. The Balaban J connectivity index is 2.02. The Labute approximate surface area is 139 Å². The molecule has 1 N–H and O–H groups in total. The lowest BCUT2D eigenvalue weighted by Gasteiger charge is -2.19. The summed E-state index contributed by atoms with van der Waals surface area (Å²) < 4.78 is 0. The first kappa shape index (κ1) is 15.8. The van der Waals surface area contributed by atoms with Crippen molar-refractivity contribution in [3.8, 4) is 11.3 Å². The molecule has 0 atom stereocenters. The molecule has 0 unspecified atom stereocenters. The predicted molar refractivity (Wildman–Crippen MR) is 98.9 cm³/mol. The molecule has 3 aromatic rings. The van der Waals surface area contributed by atoms with Crippen molar-refractivity contribution in [3.05, 3.63) is 54.0 Å². The van der Waals surface area contributed by atoms with E-state index in [2.05, 4.69) is 87.9 Å². The smallest absolute Gasteiger partial charge is 0.111 e. The number of hydrogen-bond acceptors (Lipinski definition) is 1. The van der Waals surface area contributed by atoms with Crippen LogP contribution in [-0.4, -0.2) is 9.97 Å². The van der Waals surface area contributed by atoms with E-state index in [1.807, 2.05) is 6.20 Å². The second-order valence-electron chi connectivity index (χ2n) is 8.42. The monoisotopic (exact) mass is 306 g/mol. The van der Waals surface area contributed by atoms with Gasteiger partial charge in [-0.3, -0.25) is 0 Å². The van der Waals surface area contributed by atoms with Gasteiger partial charge in [0.2, 0.25) is 0 Å². The summed E-state index contributed by atoms with van der Waals surface area (Å²) in [5.41, 5.74) is 3.85. The third kappa shape index (κ3) is 3.17. The summed E-state index contributed by atoms with van der Waals surface area (Å²) in [6, 6.07) is 13.4. The van der Waals surface area contributed by atoms with Gasteiger partial charge < -0.3 is 4.98 Å². The topological polar surface area (TPSA) is 28.7 Å². The molecule has 0 aliphatic carbocycles. The predicted octanol–water partition coefficient (Wildman–Crippen LogP) is 5.82. The van der Waals surface area contributed by atoms with E-state index in [1.165, 1.54) is 21.9 Å². The minimum atomic E-state index is 0.0384. The SMILES string of the molecule is CC(C)(C)c1ccc2cc(-c3cnc(C(C)(C)C)[nH]3)ccc2c1. The summed E-state index contributed by atoms with van der Waals surface area (Å²) in [6.45, 7) is 13.3. The lowest BCUT2D eigenvalue weighted by atomic mass is 9.86. The summed E-state index contributed by atoms with van der Waals surface area (Å²) in [7, 11) is 0. The zero-order valence-corrected chi connectivity index (χ0v) is 15.0. The molecule has 1 aromatic heterocycles. The fraction of sp³-hybridized carbons (Fsp3) is 0.381. The van der Waals surface area contributed by atoms with Crippen molar-refractivity contribution >= 4 is 10.8 Å². The average Bonchev–Trinajstić information content (AvgIpc) is 2.95. The highest BCUT2D eigenvalue weighted by Gasteiger charge is 2.18. The van der Waals surface area contributed by atoms with E-state index in [0.29, 0.717) is 0 Å².